The smallest absolute Gasteiger partial charge is 0.390 e. The van der Waals surface area contributed by atoms with Crippen LogP contribution in [0.2, 0.25) is 5.54 Å². The fourth-order valence-corrected chi connectivity index (χ4v) is 3.58. The molecular formula is C13H28O7Si. The van der Waals surface area contributed by atoms with Gasteiger partial charge in [-0.15, -0.1) is 0 Å². The van der Waals surface area contributed by atoms with Gasteiger partial charge in [-0.25, -0.2) is 0 Å². The molecule has 21 heavy (non-hydrogen) atoms. The van der Waals surface area contributed by atoms with Crippen LogP contribution < -0.4 is 0 Å². The first-order valence-electron chi connectivity index (χ1n) is 8.57. The molecule has 5 atom stereocenters. The van der Waals surface area contributed by atoms with Gasteiger partial charge in [0.1, 0.15) is 0 Å². The van der Waals surface area contributed by atoms with Crippen molar-refractivity contribution < 1.29 is 33.3 Å². The van der Waals surface area contributed by atoms with Gasteiger partial charge < -0.3 is 33.3 Å². The first kappa shape index (κ1) is 14.5. The number of hydrogen-bond acceptors (Lipinski definition) is 7. The van der Waals surface area contributed by atoms with Crippen molar-refractivity contribution in [3.63, 3.8) is 0 Å². The van der Waals surface area contributed by atoms with E-state index in [0.29, 0.717) is 25.9 Å². The summed E-state index contributed by atoms with van der Waals surface area (Å²) in [6.45, 7) is 6.01. The Morgan fingerprint density at radius 1 is 1.14 bits per heavy atom. The van der Waals surface area contributed by atoms with Gasteiger partial charge in [0, 0.05) is 19.3 Å². The molecule has 0 spiro atoms. The quantitative estimate of drug-likeness (QED) is 0.377. The molecule has 5 unspecified atom stereocenters. The Morgan fingerprint density at radius 2 is 1.81 bits per heavy atom. The third-order valence-corrected chi connectivity index (χ3v) is 5.22. The monoisotopic (exact) mass is 330 g/mol. The normalized spacial score (nSPS) is 32.0. The van der Waals surface area contributed by atoms with Crippen molar-refractivity contribution in [2.75, 3.05) is 13.7 Å². The summed E-state index contributed by atoms with van der Waals surface area (Å²) in [6, 6.07) is 0. The molecule has 1 fully saturated rings. The van der Waals surface area contributed by atoms with Gasteiger partial charge in [0.05, 0.1) is 12.2 Å². The largest absolute Gasteiger partial charge is 0.496 e. The van der Waals surface area contributed by atoms with Crippen molar-refractivity contribution in [2.45, 2.75) is 70.4 Å². The summed E-state index contributed by atoms with van der Waals surface area (Å²) in [7, 11) is -2.17. The van der Waals surface area contributed by atoms with Crippen LogP contribution in [-0.4, -0.2) is 66.0 Å². The van der Waals surface area contributed by atoms with Crippen LogP contribution in [0.25, 0.3) is 0 Å². The molecular weight excluding hydrogens is 296 g/mol. The minimum atomic E-state index is -3.71. The average Bonchev–Trinajstić information content (AvgIpc) is 2.59. The second kappa shape index (κ2) is 8.54. The van der Waals surface area contributed by atoms with Gasteiger partial charge in [0.15, 0.2) is 16.9 Å². The van der Waals surface area contributed by atoms with Crippen molar-refractivity contribution >= 4 is 8.80 Å². The highest BCUT2D eigenvalue weighted by molar-refractivity contribution is 6.58. The molecule has 0 saturated heterocycles. The molecule has 0 aromatic carbocycles. The predicted molar refractivity (Wildman–Crippen MR) is 77.3 cm³/mol. The second-order valence-electron chi connectivity index (χ2n) is 5.29. The highest BCUT2D eigenvalue weighted by atomic mass is 28.4. The maximum Gasteiger partial charge on any atom is 0.496 e. The molecule has 3 N–H and O–H groups in total. The molecule has 126 valence electrons. The number of rotatable bonds is 11. The highest BCUT2D eigenvalue weighted by Gasteiger charge is 2.46. The summed E-state index contributed by atoms with van der Waals surface area (Å²) in [5.74, 6) is 0. The fourth-order valence-electron chi connectivity index (χ4n) is 2.54. The van der Waals surface area contributed by atoms with E-state index in [1.54, 1.807) is 6.92 Å². The van der Waals surface area contributed by atoms with Crippen LogP contribution in [-0.2, 0) is 18.9 Å². The van der Waals surface area contributed by atoms with E-state index in [1.807, 2.05) is 13.8 Å². The predicted octanol–water partition coefficient (Wildman–Crippen LogP) is 0.602. The van der Waals surface area contributed by atoms with E-state index >= 15 is 0 Å². The zero-order valence-electron chi connectivity index (χ0n) is 16.1. The molecule has 1 rings (SSSR count). The van der Waals surface area contributed by atoms with Crippen LogP contribution >= 0.6 is 0 Å². The summed E-state index contributed by atoms with van der Waals surface area (Å²) in [6.07, 6.45) is 0.0314. The zero-order valence-corrected chi connectivity index (χ0v) is 14.1. The third-order valence-electron chi connectivity index (χ3n) is 3.70. The number of hydrogen-bond donors (Lipinski definition) is 3. The minimum absolute atomic E-state index is 0.241. The van der Waals surface area contributed by atoms with E-state index in [4.69, 9.17) is 23.2 Å². The zero-order chi connectivity index (χ0) is 18.2. The van der Waals surface area contributed by atoms with Gasteiger partial charge in [-0.2, -0.15) is 0 Å². The van der Waals surface area contributed by atoms with Gasteiger partial charge in [-0.1, -0.05) is 0 Å². The van der Waals surface area contributed by atoms with Gasteiger partial charge in [-0.3, -0.25) is 0 Å². The molecule has 0 bridgehead atoms. The summed E-state index contributed by atoms with van der Waals surface area (Å²) in [4.78, 5) is 13.6. The van der Waals surface area contributed by atoms with Crippen LogP contribution in [0.5, 0.6) is 0 Å². The Hall–Kier alpha value is -0.0631. The van der Waals surface area contributed by atoms with Crippen molar-refractivity contribution in [2.24, 2.45) is 0 Å². The van der Waals surface area contributed by atoms with E-state index < -0.39 is 20.6 Å². The molecule has 7 nitrogen and oxygen atoms in total. The SMILES string of the molecule is [3H]O[Si](O[3H])(O[3H])C1CCC(OC(C)OCC)C(OC(C)OC)C1. The topological polar surface area (TPSA) is 97.6 Å². The maximum atomic E-state index is 7.16. The molecule has 0 amide bonds. The first-order chi connectivity index (χ1) is 11.5. The molecule has 1 aliphatic rings. The molecule has 1 aliphatic carbocycles. The van der Waals surface area contributed by atoms with Gasteiger partial charge in [0.25, 0.3) is 0 Å². The third kappa shape index (κ3) is 6.29. The number of ether oxygens (including phenoxy) is 4. The maximum absolute atomic E-state index is 7.16. The molecule has 0 radical (unpaired) electrons. The van der Waals surface area contributed by atoms with E-state index in [0.717, 1.165) is 0 Å². The van der Waals surface area contributed by atoms with Crippen molar-refractivity contribution in [1.82, 2.24) is 0 Å². The minimum Gasteiger partial charge on any atom is -0.390 e. The Morgan fingerprint density at radius 3 is 2.38 bits per heavy atom. The molecule has 0 aliphatic heterocycles. The van der Waals surface area contributed by atoms with Crippen molar-refractivity contribution in [1.29, 1.82) is 4.29 Å². The Labute approximate surface area is 131 Å². The van der Waals surface area contributed by atoms with E-state index in [1.165, 1.54) is 7.11 Å². The lowest BCUT2D eigenvalue weighted by Crippen LogP contribution is -2.49. The van der Waals surface area contributed by atoms with Crippen LogP contribution in [0.1, 0.15) is 40.0 Å². The lowest BCUT2D eigenvalue weighted by atomic mass is 9.94. The molecule has 0 aromatic rings. The Bertz CT molecular complexity index is 343. The molecule has 0 aromatic heterocycles. The van der Waals surface area contributed by atoms with Gasteiger partial charge >= 0.3 is 8.80 Å². The van der Waals surface area contributed by atoms with E-state index in [2.05, 4.69) is 14.4 Å². The van der Waals surface area contributed by atoms with Gasteiger partial charge in [0.2, 0.25) is 0 Å². The Kier molecular flexibility index (Phi) is 5.91. The summed E-state index contributed by atoms with van der Waals surface area (Å²) in [5.41, 5.74) is -0.402. The Balaban J connectivity index is 2.83. The van der Waals surface area contributed by atoms with Crippen LogP contribution in [0.3, 0.4) is 0 Å². The first-order valence-corrected chi connectivity index (χ1v) is 9.14. The molecule has 8 heteroatoms. The average molecular weight is 330 g/mol. The highest BCUT2D eigenvalue weighted by Crippen LogP contribution is 2.37. The molecule has 1 saturated carbocycles. The molecule has 0 heterocycles. The van der Waals surface area contributed by atoms with Crippen LogP contribution in [0.4, 0.5) is 0 Å². The lowest BCUT2D eigenvalue weighted by molar-refractivity contribution is -0.229. The van der Waals surface area contributed by atoms with Crippen LogP contribution in [0.15, 0.2) is 0 Å². The summed E-state index contributed by atoms with van der Waals surface area (Å²) in [5, 5.41) is 0. The summed E-state index contributed by atoms with van der Waals surface area (Å²) < 4.78 is 43.8. The van der Waals surface area contributed by atoms with Crippen molar-refractivity contribution in [3.8, 4) is 0 Å². The van der Waals surface area contributed by atoms with E-state index in [-0.39, 0.29) is 18.5 Å². The second-order valence-corrected chi connectivity index (χ2v) is 7.31. The van der Waals surface area contributed by atoms with Crippen LogP contribution in [0, 0.1) is 0 Å². The van der Waals surface area contributed by atoms with Crippen molar-refractivity contribution in [3.05, 3.63) is 0 Å². The summed E-state index contributed by atoms with van der Waals surface area (Å²) >= 11 is 0. The lowest BCUT2D eigenvalue weighted by Gasteiger charge is -2.39. The standard InChI is InChI=1S/C13H28O7Si/c1-5-18-10(3)20-12-7-6-11(21(14,15)16)8-13(12)19-9(2)17-4/h9-16H,5-8H2,1-4H3/i14T,15T,16T. The number of methoxy groups -OCH3 is 1. The van der Waals surface area contributed by atoms with Gasteiger partial charge in [-0.05, 0) is 40.0 Å². The fraction of sp³-hybridized carbons (Fsp3) is 1.00. The van der Waals surface area contributed by atoms with E-state index in [9.17, 15) is 0 Å².